The number of thioether (sulfide) groups is 1. The van der Waals surface area contributed by atoms with Gasteiger partial charge in [-0.05, 0) is 26.8 Å². The van der Waals surface area contributed by atoms with Gasteiger partial charge in [-0.3, -0.25) is 4.57 Å². The minimum absolute atomic E-state index is 0. The molecule has 1 N–H and O–H groups in total. The van der Waals surface area contributed by atoms with E-state index in [9.17, 15) is 0 Å². The van der Waals surface area contributed by atoms with E-state index < -0.39 is 0 Å². The standard InChI is InChI=1S/C18H26N6S.HI/c1-4-20-17(23-10-11-25-18(2,3)13-23)22-12-15-6-5-7-21-16(15)24-9-8-19-14-24;/h5-9,14H,4,10-13H2,1-3H3,(H,20,22);1H. The van der Waals surface area contributed by atoms with Gasteiger partial charge in [0.25, 0.3) is 0 Å². The van der Waals surface area contributed by atoms with Gasteiger partial charge in [0.05, 0.1) is 6.54 Å². The Morgan fingerprint density at radius 3 is 2.92 bits per heavy atom. The molecule has 0 bridgehead atoms. The third-order valence-electron chi connectivity index (χ3n) is 4.08. The molecule has 8 heteroatoms. The Balaban J connectivity index is 0.00000243. The van der Waals surface area contributed by atoms with E-state index >= 15 is 0 Å². The van der Waals surface area contributed by atoms with E-state index in [0.717, 1.165) is 42.7 Å². The van der Waals surface area contributed by atoms with E-state index in [2.05, 4.69) is 47.0 Å². The first-order valence-electron chi connectivity index (χ1n) is 8.68. The molecule has 0 saturated carbocycles. The molecule has 0 spiro atoms. The third kappa shape index (κ3) is 5.35. The fourth-order valence-corrected chi connectivity index (χ4v) is 4.07. The van der Waals surface area contributed by atoms with Crippen molar-refractivity contribution in [3.8, 4) is 5.82 Å². The molecule has 26 heavy (non-hydrogen) atoms. The summed E-state index contributed by atoms with van der Waals surface area (Å²) in [7, 11) is 0. The van der Waals surface area contributed by atoms with Crippen LogP contribution in [0, 0.1) is 0 Å². The van der Waals surface area contributed by atoms with Gasteiger partial charge in [-0.1, -0.05) is 6.07 Å². The normalized spacial score (nSPS) is 16.9. The van der Waals surface area contributed by atoms with Crippen molar-refractivity contribution in [2.24, 2.45) is 4.99 Å². The largest absolute Gasteiger partial charge is 0.357 e. The van der Waals surface area contributed by atoms with Crippen molar-refractivity contribution in [1.29, 1.82) is 0 Å². The average molecular weight is 486 g/mol. The number of pyridine rings is 1. The van der Waals surface area contributed by atoms with Gasteiger partial charge < -0.3 is 10.2 Å². The summed E-state index contributed by atoms with van der Waals surface area (Å²) in [6.45, 7) is 10.2. The third-order valence-corrected chi connectivity index (χ3v) is 5.37. The maximum absolute atomic E-state index is 4.89. The van der Waals surface area contributed by atoms with Crippen molar-refractivity contribution in [2.45, 2.75) is 32.1 Å². The lowest BCUT2D eigenvalue weighted by Gasteiger charge is -2.39. The molecule has 1 aliphatic heterocycles. The van der Waals surface area contributed by atoms with E-state index in [1.165, 1.54) is 0 Å². The Labute approximate surface area is 176 Å². The molecule has 0 aromatic carbocycles. The summed E-state index contributed by atoms with van der Waals surface area (Å²) >= 11 is 2.03. The number of nitrogens with one attached hydrogen (secondary N) is 1. The molecule has 2 aromatic heterocycles. The Morgan fingerprint density at radius 2 is 2.23 bits per heavy atom. The molecule has 0 unspecified atom stereocenters. The SMILES string of the molecule is CCNC(=NCc1cccnc1-n1ccnc1)N1CCSC(C)(C)C1.I. The lowest BCUT2D eigenvalue weighted by molar-refractivity contribution is 0.376. The molecule has 0 atom stereocenters. The van der Waals surface area contributed by atoms with Crippen molar-refractivity contribution in [3.63, 3.8) is 0 Å². The van der Waals surface area contributed by atoms with Gasteiger partial charge in [-0.25, -0.2) is 15.0 Å². The van der Waals surface area contributed by atoms with Crippen molar-refractivity contribution in [1.82, 2.24) is 24.8 Å². The molecule has 0 aliphatic carbocycles. The van der Waals surface area contributed by atoms with Crippen LogP contribution in [-0.4, -0.2) is 55.5 Å². The summed E-state index contributed by atoms with van der Waals surface area (Å²) < 4.78 is 2.18. The second-order valence-corrected chi connectivity index (χ2v) is 8.46. The number of aromatic nitrogens is 3. The highest BCUT2D eigenvalue weighted by atomic mass is 127. The Kier molecular flexibility index (Phi) is 7.75. The lowest BCUT2D eigenvalue weighted by atomic mass is 10.2. The first-order chi connectivity index (χ1) is 12.1. The van der Waals surface area contributed by atoms with Crippen molar-refractivity contribution in [2.75, 3.05) is 25.4 Å². The van der Waals surface area contributed by atoms with Crippen LogP contribution in [0.25, 0.3) is 5.82 Å². The van der Waals surface area contributed by atoms with Crippen LogP contribution in [0.5, 0.6) is 0 Å². The summed E-state index contributed by atoms with van der Waals surface area (Å²) in [5.41, 5.74) is 1.08. The molecular weight excluding hydrogens is 459 g/mol. The topological polar surface area (TPSA) is 58.3 Å². The highest BCUT2D eigenvalue weighted by molar-refractivity contribution is 14.0. The maximum Gasteiger partial charge on any atom is 0.194 e. The zero-order valence-corrected chi connectivity index (χ0v) is 18.7. The lowest BCUT2D eigenvalue weighted by Crippen LogP contribution is -2.50. The Morgan fingerprint density at radius 1 is 1.38 bits per heavy atom. The number of aliphatic imine (C=N–C) groups is 1. The number of hydrogen-bond acceptors (Lipinski definition) is 4. The summed E-state index contributed by atoms with van der Waals surface area (Å²) in [5, 5.41) is 3.44. The van der Waals surface area contributed by atoms with Crippen LogP contribution < -0.4 is 5.32 Å². The maximum atomic E-state index is 4.89. The van der Waals surface area contributed by atoms with Crippen LogP contribution in [0.2, 0.25) is 0 Å². The molecule has 0 amide bonds. The van der Waals surface area contributed by atoms with Crippen LogP contribution in [0.15, 0.2) is 42.0 Å². The minimum atomic E-state index is 0. The number of rotatable bonds is 4. The van der Waals surface area contributed by atoms with E-state index in [1.807, 2.05) is 28.6 Å². The number of halogens is 1. The van der Waals surface area contributed by atoms with E-state index in [4.69, 9.17) is 4.99 Å². The molecule has 1 fully saturated rings. The second kappa shape index (κ2) is 9.59. The quantitative estimate of drug-likeness (QED) is 0.409. The van der Waals surface area contributed by atoms with Crippen LogP contribution in [0.1, 0.15) is 26.3 Å². The average Bonchev–Trinajstić information content (AvgIpc) is 3.12. The fourth-order valence-electron chi connectivity index (χ4n) is 2.95. The molecule has 142 valence electrons. The monoisotopic (exact) mass is 486 g/mol. The summed E-state index contributed by atoms with van der Waals surface area (Å²) in [4.78, 5) is 15.9. The smallest absolute Gasteiger partial charge is 0.194 e. The zero-order valence-electron chi connectivity index (χ0n) is 15.6. The van der Waals surface area contributed by atoms with Gasteiger partial charge in [0.1, 0.15) is 12.1 Å². The molecule has 3 rings (SSSR count). The molecule has 1 aliphatic rings. The first kappa shape index (κ1) is 21.0. The minimum Gasteiger partial charge on any atom is -0.357 e. The predicted octanol–water partition coefficient (Wildman–Crippen LogP) is 3.18. The Hall–Kier alpha value is -1.29. The van der Waals surface area contributed by atoms with Gasteiger partial charge >= 0.3 is 0 Å². The second-order valence-electron chi connectivity index (χ2n) is 6.66. The van der Waals surface area contributed by atoms with Crippen molar-refractivity contribution >= 4 is 41.7 Å². The molecule has 0 radical (unpaired) electrons. The summed E-state index contributed by atoms with van der Waals surface area (Å²) in [6.07, 6.45) is 7.24. The van der Waals surface area contributed by atoms with Gasteiger partial charge in [0, 0.05) is 54.3 Å². The van der Waals surface area contributed by atoms with Gasteiger partial charge in [-0.15, -0.1) is 24.0 Å². The van der Waals surface area contributed by atoms with Gasteiger partial charge in [0.15, 0.2) is 5.96 Å². The first-order valence-corrected chi connectivity index (χ1v) is 9.67. The predicted molar refractivity (Wildman–Crippen MR) is 120 cm³/mol. The van der Waals surface area contributed by atoms with Crippen LogP contribution in [0.4, 0.5) is 0 Å². The molecule has 1 saturated heterocycles. The van der Waals surface area contributed by atoms with Crippen LogP contribution in [-0.2, 0) is 6.54 Å². The molecule has 3 heterocycles. The van der Waals surface area contributed by atoms with E-state index in [-0.39, 0.29) is 28.7 Å². The number of nitrogens with zero attached hydrogens (tertiary/aromatic N) is 5. The van der Waals surface area contributed by atoms with Crippen LogP contribution >= 0.6 is 35.7 Å². The summed E-state index contributed by atoms with van der Waals surface area (Å²) in [6, 6.07) is 4.03. The van der Waals surface area contributed by atoms with Gasteiger partial charge in [0.2, 0.25) is 0 Å². The van der Waals surface area contributed by atoms with Gasteiger partial charge in [-0.2, -0.15) is 11.8 Å². The Bertz CT molecular complexity index is 716. The summed E-state index contributed by atoms with van der Waals surface area (Å²) in [5.74, 6) is 3.00. The molecule has 6 nitrogen and oxygen atoms in total. The number of imidazole rings is 1. The van der Waals surface area contributed by atoms with Crippen molar-refractivity contribution < 1.29 is 0 Å². The van der Waals surface area contributed by atoms with Crippen molar-refractivity contribution in [3.05, 3.63) is 42.6 Å². The number of guanidine groups is 1. The van der Waals surface area contributed by atoms with Crippen LogP contribution in [0.3, 0.4) is 0 Å². The highest BCUT2D eigenvalue weighted by Crippen LogP contribution is 2.29. The molecular formula is C18H27IN6S. The zero-order chi connectivity index (χ0) is 17.7. The number of hydrogen-bond donors (Lipinski definition) is 1. The van der Waals surface area contributed by atoms with E-state index in [1.54, 1.807) is 18.7 Å². The molecule has 2 aromatic rings. The van der Waals surface area contributed by atoms with E-state index in [0.29, 0.717) is 6.54 Å². The highest BCUT2D eigenvalue weighted by Gasteiger charge is 2.28. The fraction of sp³-hybridized carbons (Fsp3) is 0.500.